The quantitative estimate of drug-likeness (QED) is 0.365. The van der Waals surface area contributed by atoms with Crippen LogP contribution in [0.2, 0.25) is 0 Å². The molecule has 1 heterocycles. The highest BCUT2D eigenvalue weighted by atomic mass is 19.4. The van der Waals surface area contributed by atoms with Crippen molar-refractivity contribution < 1.29 is 33.0 Å². The Labute approximate surface area is 237 Å². The van der Waals surface area contributed by atoms with Crippen LogP contribution >= 0.6 is 0 Å². The number of aliphatic carboxylic acids is 1. The van der Waals surface area contributed by atoms with E-state index in [1.165, 1.54) is 23.1 Å². The van der Waals surface area contributed by atoms with E-state index in [4.69, 9.17) is 9.90 Å². The molecule has 0 bridgehead atoms. The number of carbonyl (C=O) groups is 2. The van der Waals surface area contributed by atoms with Gasteiger partial charge in [0.05, 0.1) is 0 Å². The number of carboxylic acids is 1. The average Bonchev–Trinajstić information content (AvgIpc) is 3.29. The molecule has 1 saturated heterocycles. The zero-order chi connectivity index (χ0) is 29.4. The van der Waals surface area contributed by atoms with Gasteiger partial charge in [0.1, 0.15) is 5.75 Å². The van der Waals surface area contributed by atoms with Crippen LogP contribution in [0.3, 0.4) is 0 Å². The number of hydrogen-bond donors (Lipinski definition) is 3. The Morgan fingerprint density at radius 3 is 2.02 bits per heavy atom. The average molecular weight is 570 g/mol. The third-order valence-electron chi connectivity index (χ3n) is 7.19. The molecule has 1 fully saturated rings. The van der Waals surface area contributed by atoms with Gasteiger partial charge >= 0.3 is 12.1 Å². The number of alkyl halides is 3. The van der Waals surface area contributed by atoms with E-state index in [2.05, 4.69) is 39.4 Å². The number of phenolic OH excluding ortho intramolecular Hbond substituents is 1. The number of hydrogen-bond acceptors (Lipinski definition) is 5. The van der Waals surface area contributed by atoms with Crippen molar-refractivity contribution in [3.05, 3.63) is 94.5 Å². The molecule has 0 saturated carbocycles. The number of phenols is 1. The molecule has 0 spiro atoms. The minimum atomic E-state index is -5.08. The van der Waals surface area contributed by atoms with E-state index in [1.807, 2.05) is 36.4 Å². The first kappa shape index (κ1) is 30.1. The molecular formula is C31H34F3N3O4. The van der Waals surface area contributed by atoms with Crippen LogP contribution in [0.5, 0.6) is 5.75 Å². The van der Waals surface area contributed by atoms with Crippen LogP contribution in [-0.4, -0.2) is 64.2 Å². The molecule has 0 atom stereocenters. The van der Waals surface area contributed by atoms with Crippen LogP contribution in [0.25, 0.3) is 0 Å². The van der Waals surface area contributed by atoms with Crippen molar-refractivity contribution in [3.8, 4) is 5.75 Å². The molecule has 1 aliphatic heterocycles. The van der Waals surface area contributed by atoms with Gasteiger partial charge in [-0.15, -0.1) is 0 Å². The van der Waals surface area contributed by atoms with Crippen LogP contribution in [0, 0.1) is 0 Å². The van der Waals surface area contributed by atoms with Crippen molar-refractivity contribution in [1.29, 1.82) is 0 Å². The Bertz CT molecular complexity index is 1360. The van der Waals surface area contributed by atoms with E-state index in [9.17, 15) is 23.1 Å². The van der Waals surface area contributed by atoms with Gasteiger partial charge in [-0.25, -0.2) is 4.79 Å². The highest BCUT2D eigenvalue weighted by molar-refractivity contribution is 6.04. The minimum absolute atomic E-state index is 0.0482. The van der Waals surface area contributed by atoms with E-state index >= 15 is 0 Å². The van der Waals surface area contributed by atoms with Crippen LogP contribution in [0.15, 0.2) is 66.7 Å². The first-order valence-corrected chi connectivity index (χ1v) is 13.6. The smallest absolute Gasteiger partial charge is 0.490 e. The van der Waals surface area contributed by atoms with Gasteiger partial charge < -0.3 is 15.5 Å². The van der Waals surface area contributed by atoms with Crippen molar-refractivity contribution in [2.75, 3.05) is 31.5 Å². The Balaban J connectivity index is 0.000000493. The van der Waals surface area contributed by atoms with E-state index in [-0.39, 0.29) is 5.91 Å². The van der Waals surface area contributed by atoms with Gasteiger partial charge in [-0.1, -0.05) is 30.3 Å². The maximum Gasteiger partial charge on any atom is 0.490 e. The summed E-state index contributed by atoms with van der Waals surface area (Å²) in [7, 11) is 0. The number of nitrogens with one attached hydrogen (secondary N) is 1. The minimum Gasteiger partial charge on any atom is -0.508 e. The van der Waals surface area contributed by atoms with Gasteiger partial charge in [-0.2, -0.15) is 13.2 Å². The predicted octanol–water partition coefficient (Wildman–Crippen LogP) is 5.47. The fourth-order valence-electron chi connectivity index (χ4n) is 5.18. The third kappa shape index (κ3) is 9.06. The third-order valence-corrected chi connectivity index (χ3v) is 7.19. The van der Waals surface area contributed by atoms with E-state index in [0.717, 1.165) is 69.8 Å². The Morgan fingerprint density at radius 2 is 1.39 bits per heavy atom. The van der Waals surface area contributed by atoms with Crippen LogP contribution in [0.1, 0.15) is 45.5 Å². The van der Waals surface area contributed by atoms with E-state index in [0.29, 0.717) is 11.3 Å². The fourth-order valence-corrected chi connectivity index (χ4v) is 5.18. The second kappa shape index (κ2) is 13.6. The number of rotatable bonds is 6. The number of halogens is 3. The number of fused-ring (bicyclic) bond motifs is 1. The number of benzene rings is 3. The summed E-state index contributed by atoms with van der Waals surface area (Å²) in [6.07, 6.45) is -0.512. The number of carboxylic acid groups (broad SMARTS) is 1. The van der Waals surface area contributed by atoms with Crippen LogP contribution in [-0.2, 0) is 30.7 Å². The number of anilines is 1. The molecule has 41 heavy (non-hydrogen) atoms. The zero-order valence-electron chi connectivity index (χ0n) is 22.7. The van der Waals surface area contributed by atoms with E-state index < -0.39 is 12.1 Å². The monoisotopic (exact) mass is 569 g/mol. The summed E-state index contributed by atoms with van der Waals surface area (Å²) in [6.45, 7) is 5.79. The van der Waals surface area contributed by atoms with Gasteiger partial charge in [0.25, 0.3) is 5.91 Å². The summed E-state index contributed by atoms with van der Waals surface area (Å²) >= 11 is 0. The molecule has 1 aliphatic carbocycles. The maximum atomic E-state index is 12.9. The van der Waals surface area contributed by atoms with Gasteiger partial charge in [0, 0.05) is 37.4 Å². The van der Waals surface area contributed by atoms with Crippen molar-refractivity contribution in [1.82, 2.24) is 9.80 Å². The molecule has 3 aromatic carbocycles. The molecule has 218 valence electrons. The van der Waals surface area contributed by atoms with Crippen molar-refractivity contribution >= 4 is 17.6 Å². The van der Waals surface area contributed by atoms with Crippen molar-refractivity contribution in [3.63, 3.8) is 0 Å². The summed E-state index contributed by atoms with van der Waals surface area (Å²) in [5.41, 5.74) is 6.69. The lowest BCUT2D eigenvalue weighted by Gasteiger charge is -2.22. The molecule has 7 nitrogen and oxygen atoms in total. The molecule has 10 heteroatoms. The summed E-state index contributed by atoms with van der Waals surface area (Å²) in [5.74, 6) is -2.48. The lowest BCUT2D eigenvalue weighted by molar-refractivity contribution is -0.192. The molecular weight excluding hydrogens is 535 g/mol. The molecule has 5 rings (SSSR count). The van der Waals surface area contributed by atoms with E-state index in [1.54, 1.807) is 6.07 Å². The Morgan fingerprint density at radius 1 is 0.780 bits per heavy atom. The largest absolute Gasteiger partial charge is 0.508 e. The molecule has 0 radical (unpaired) electrons. The highest BCUT2D eigenvalue weighted by Gasteiger charge is 2.38. The Hall–Kier alpha value is -3.89. The standard InChI is InChI=1S/C29H33N3O2.C2HF3O2/c33-28-10-2-6-23(18-28)21-32-14-4-13-31(15-16-32)20-22-5-1-9-26(17-22)29(34)30-27-12-11-24-7-3-8-25(24)19-27;3-2(4,5)1(6)7/h1-2,5-6,9-12,17-19,33H,3-4,7-8,13-16,20-21H2,(H,30,34);(H,6,7). The predicted molar refractivity (Wildman–Crippen MR) is 150 cm³/mol. The fraction of sp³-hybridized carbons (Fsp3) is 0.355. The number of nitrogens with zero attached hydrogens (tertiary/aromatic N) is 2. The normalized spacial score (nSPS) is 15.8. The first-order valence-electron chi connectivity index (χ1n) is 13.6. The second-order valence-corrected chi connectivity index (χ2v) is 10.4. The molecule has 3 N–H and O–H groups in total. The zero-order valence-corrected chi connectivity index (χ0v) is 22.7. The molecule has 0 aromatic heterocycles. The van der Waals surface area contributed by atoms with Gasteiger partial charge in [-0.05, 0) is 97.4 Å². The molecule has 3 aromatic rings. The number of carbonyl (C=O) groups excluding carboxylic acids is 1. The maximum absolute atomic E-state index is 12.9. The van der Waals surface area contributed by atoms with Crippen LogP contribution in [0.4, 0.5) is 18.9 Å². The van der Waals surface area contributed by atoms with Gasteiger partial charge in [0.15, 0.2) is 0 Å². The molecule has 1 amide bonds. The van der Waals surface area contributed by atoms with Crippen LogP contribution < -0.4 is 5.32 Å². The SMILES string of the molecule is O=C(Nc1ccc2c(c1)CCC2)c1cccc(CN2CCCN(Cc3cccc(O)c3)CC2)c1.O=C(O)C(F)(F)F. The summed E-state index contributed by atoms with van der Waals surface area (Å²) in [5, 5.41) is 19.9. The molecule has 0 unspecified atom stereocenters. The summed E-state index contributed by atoms with van der Waals surface area (Å²) in [4.78, 5) is 26.7. The first-order chi connectivity index (χ1) is 19.6. The summed E-state index contributed by atoms with van der Waals surface area (Å²) in [6, 6.07) is 21.9. The number of aryl methyl sites for hydroxylation is 2. The van der Waals surface area contributed by atoms with Gasteiger partial charge in [0.2, 0.25) is 0 Å². The summed E-state index contributed by atoms with van der Waals surface area (Å²) < 4.78 is 31.7. The van der Waals surface area contributed by atoms with Crippen molar-refractivity contribution in [2.24, 2.45) is 0 Å². The topological polar surface area (TPSA) is 93.1 Å². The van der Waals surface area contributed by atoms with Gasteiger partial charge in [-0.3, -0.25) is 14.6 Å². The highest BCUT2D eigenvalue weighted by Crippen LogP contribution is 2.25. The molecule has 2 aliphatic rings. The lowest BCUT2D eigenvalue weighted by Crippen LogP contribution is -2.30. The number of amides is 1. The number of aromatic hydroxyl groups is 1. The lowest BCUT2D eigenvalue weighted by atomic mass is 10.1. The second-order valence-electron chi connectivity index (χ2n) is 10.4. The Kier molecular flexibility index (Phi) is 10.0. The van der Waals surface area contributed by atoms with Crippen molar-refractivity contribution in [2.45, 2.75) is 44.9 Å².